The first-order chi connectivity index (χ1) is 7.16. The van der Waals surface area contributed by atoms with E-state index in [1.807, 2.05) is 32.2 Å². The van der Waals surface area contributed by atoms with E-state index in [1.165, 1.54) is 0 Å². The minimum Gasteiger partial charge on any atom is -0.508 e. The van der Waals surface area contributed by atoms with Crippen molar-refractivity contribution in [1.29, 1.82) is 0 Å². The van der Waals surface area contributed by atoms with Crippen molar-refractivity contribution in [2.24, 2.45) is 0 Å². The molecule has 0 saturated carbocycles. The first-order valence-electron chi connectivity index (χ1n) is 4.76. The van der Waals surface area contributed by atoms with Gasteiger partial charge in [0, 0.05) is 17.5 Å². The van der Waals surface area contributed by atoms with Crippen LogP contribution in [-0.2, 0) is 0 Å². The molecule has 0 spiro atoms. The lowest BCUT2D eigenvalue weighted by molar-refractivity contribution is 0.475. The molecule has 1 aromatic carbocycles. The number of phenols is 1. The molecule has 15 heavy (non-hydrogen) atoms. The number of aromatic hydroxyl groups is 1. The SMILES string of the molecule is Cc1ncc(-c2ccc(O)cc2)c(C)n1. The highest BCUT2D eigenvalue weighted by atomic mass is 16.3. The van der Waals surface area contributed by atoms with Gasteiger partial charge < -0.3 is 5.11 Å². The number of aromatic nitrogens is 2. The maximum absolute atomic E-state index is 9.19. The summed E-state index contributed by atoms with van der Waals surface area (Å²) in [7, 11) is 0. The van der Waals surface area contributed by atoms with Gasteiger partial charge in [-0.1, -0.05) is 12.1 Å². The van der Waals surface area contributed by atoms with Crippen LogP contribution < -0.4 is 0 Å². The summed E-state index contributed by atoms with van der Waals surface area (Å²) in [6, 6.07) is 7.04. The molecule has 3 nitrogen and oxygen atoms in total. The summed E-state index contributed by atoms with van der Waals surface area (Å²) in [6.07, 6.45) is 1.81. The van der Waals surface area contributed by atoms with Crippen molar-refractivity contribution < 1.29 is 5.11 Å². The Balaban J connectivity index is 2.49. The second-order valence-electron chi connectivity index (χ2n) is 3.46. The van der Waals surface area contributed by atoms with E-state index in [-0.39, 0.29) is 5.75 Å². The van der Waals surface area contributed by atoms with Crippen molar-refractivity contribution in [2.45, 2.75) is 13.8 Å². The third kappa shape index (κ3) is 1.96. The second-order valence-corrected chi connectivity index (χ2v) is 3.46. The minimum atomic E-state index is 0.268. The van der Waals surface area contributed by atoms with Crippen molar-refractivity contribution in [3.8, 4) is 16.9 Å². The number of rotatable bonds is 1. The van der Waals surface area contributed by atoms with Crippen molar-refractivity contribution in [3.05, 3.63) is 42.0 Å². The fraction of sp³-hybridized carbons (Fsp3) is 0.167. The number of hydrogen-bond acceptors (Lipinski definition) is 3. The Morgan fingerprint density at radius 2 is 1.73 bits per heavy atom. The van der Waals surface area contributed by atoms with Gasteiger partial charge in [0.2, 0.25) is 0 Å². The molecule has 1 heterocycles. The molecule has 76 valence electrons. The van der Waals surface area contributed by atoms with Crippen LogP contribution in [0.4, 0.5) is 0 Å². The maximum atomic E-state index is 9.19. The van der Waals surface area contributed by atoms with Gasteiger partial charge in [0.25, 0.3) is 0 Å². The molecule has 0 fully saturated rings. The van der Waals surface area contributed by atoms with Crippen LogP contribution in [0, 0.1) is 13.8 Å². The molecule has 0 atom stereocenters. The number of hydrogen-bond donors (Lipinski definition) is 1. The topological polar surface area (TPSA) is 46.0 Å². The predicted octanol–water partition coefficient (Wildman–Crippen LogP) is 2.47. The van der Waals surface area contributed by atoms with Crippen molar-refractivity contribution in [1.82, 2.24) is 9.97 Å². The lowest BCUT2D eigenvalue weighted by Gasteiger charge is -2.05. The molecule has 0 aliphatic rings. The predicted molar refractivity (Wildman–Crippen MR) is 58.6 cm³/mol. The number of nitrogens with zero attached hydrogens (tertiary/aromatic N) is 2. The molecule has 0 unspecified atom stereocenters. The number of aryl methyl sites for hydroxylation is 2. The van der Waals surface area contributed by atoms with Gasteiger partial charge in [0.15, 0.2) is 0 Å². The van der Waals surface area contributed by atoms with E-state index in [0.29, 0.717) is 0 Å². The molecule has 3 heteroatoms. The summed E-state index contributed by atoms with van der Waals surface area (Å²) in [5, 5.41) is 9.19. The molecule has 0 amide bonds. The van der Waals surface area contributed by atoms with E-state index >= 15 is 0 Å². The first-order valence-corrected chi connectivity index (χ1v) is 4.76. The molecule has 2 aromatic rings. The van der Waals surface area contributed by atoms with Crippen LogP contribution in [-0.4, -0.2) is 15.1 Å². The summed E-state index contributed by atoms with van der Waals surface area (Å²) < 4.78 is 0. The van der Waals surface area contributed by atoms with Crippen LogP contribution >= 0.6 is 0 Å². The Bertz CT molecular complexity index is 477. The molecule has 0 radical (unpaired) electrons. The zero-order valence-corrected chi connectivity index (χ0v) is 8.73. The molecule has 2 rings (SSSR count). The van der Waals surface area contributed by atoms with E-state index in [9.17, 15) is 5.11 Å². The monoisotopic (exact) mass is 200 g/mol. The van der Waals surface area contributed by atoms with Crippen LogP contribution in [0.5, 0.6) is 5.75 Å². The Morgan fingerprint density at radius 1 is 1.07 bits per heavy atom. The smallest absolute Gasteiger partial charge is 0.125 e. The van der Waals surface area contributed by atoms with Crippen LogP contribution in [0.25, 0.3) is 11.1 Å². The molecular formula is C12H12N2O. The highest BCUT2D eigenvalue weighted by Crippen LogP contribution is 2.23. The van der Waals surface area contributed by atoms with Crippen molar-refractivity contribution in [2.75, 3.05) is 0 Å². The van der Waals surface area contributed by atoms with Crippen LogP contribution in [0.15, 0.2) is 30.5 Å². The summed E-state index contributed by atoms with van der Waals surface area (Å²) in [4.78, 5) is 8.46. The molecule has 1 N–H and O–H groups in total. The third-order valence-corrected chi connectivity index (χ3v) is 2.28. The van der Waals surface area contributed by atoms with Crippen molar-refractivity contribution >= 4 is 0 Å². The lowest BCUT2D eigenvalue weighted by Crippen LogP contribution is -1.93. The highest BCUT2D eigenvalue weighted by Gasteiger charge is 2.03. The van der Waals surface area contributed by atoms with Gasteiger partial charge in [-0.25, -0.2) is 9.97 Å². The van der Waals surface area contributed by atoms with E-state index in [1.54, 1.807) is 12.1 Å². The molecule has 0 aliphatic heterocycles. The molecule has 0 saturated heterocycles. The normalized spacial score (nSPS) is 10.3. The Hall–Kier alpha value is -1.90. The number of phenolic OH excluding ortho intramolecular Hbond substituents is 1. The van der Waals surface area contributed by atoms with Gasteiger partial charge in [0.1, 0.15) is 11.6 Å². The van der Waals surface area contributed by atoms with Gasteiger partial charge >= 0.3 is 0 Å². The lowest BCUT2D eigenvalue weighted by atomic mass is 10.1. The fourth-order valence-corrected chi connectivity index (χ4v) is 1.51. The highest BCUT2D eigenvalue weighted by molar-refractivity contribution is 5.65. The summed E-state index contributed by atoms with van der Waals surface area (Å²) in [5.74, 6) is 1.04. The molecule has 0 bridgehead atoms. The van der Waals surface area contributed by atoms with Crippen LogP contribution in [0.1, 0.15) is 11.5 Å². The molecule has 0 aliphatic carbocycles. The quantitative estimate of drug-likeness (QED) is 0.769. The van der Waals surface area contributed by atoms with Gasteiger partial charge in [-0.15, -0.1) is 0 Å². The first kappa shape index (κ1) is 9.65. The van der Waals surface area contributed by atoms with E-state index in [4.69, 9.17) is 0 Å². The molecular weight excluding hydrogens is 188 g/mol. The zero-order valence-electron chi connectivity index (χ0n) is 8.73. The average Bonchev–Trinajstić information content (AvgIpc) is 2.20. The number of benzene rings is 1. The van der Waals surface area contributed by atoms with Gasteiger partial charge in [-0.05, 0) is 31.5 Å². The van der Waals surface area contributed by atoms with E-state index in [0.717, 1.165) is 22.6 Å². The minimum absolute atomic E-state index is 0.268. The van der Waals surface area contributed by atoms with Gasteiger partial charge in [-0.2, -0.15) is 0 Å². The summed E-state index contributed by atoms with van der Waals surface area (Å²) >= 11 is 0. The molecule has 1 aromatic heterocycles. The Kier molecular flexibility index (Phi) is 2.37. The van der Waals surface area contributed by atoms with Crippen LogP contribution in [0.3, 0.4) is 0 Å². The Labute approximate surface area is 88.5 Å². The van der Waals surface area contributed by atoms with Crippen LogP contribution in [0.2, 0.25) is 0 Å². The zero-order chi connectivity index (χ0) is 10.8. The van der Waals surface area contributed by atoms with E-state index < -0.39 is 0 Å². The maximum Gasteiger partial charge on any atom is 0.125 e. The standard InChI is InChI=1S/C12H12N2O/c1-8-12(7-13-9(2)14-8)10-3-5-11(15)6-4-10/h3-7,15H,1-2H3. The van der Waals surface area contributed by atoms with Gasteiger partial charge in [0.05, 0.1) is 0 Å². The fourth-order valence-electron chi connectivity index (χ4n) is 1.51. The van der Waals surface area contributed by atoms with Gasteiger partial charge in [-0.3, -0.25) is 0 Å². The summed E-state index contributed by atoms with van der Waals surface area (Å²) in [6.45, 7) is 3.82. The van der Waals surface area contributed by atoms with Crippen molar-refractivity contribution in [3.63, 3.8) is 0 Å². The average molecular weight is 200 g/mol. The van der Waals surface area contributed by atoms with E-state index in [2.05, 4.69) is 9.97 Å². The second kappa shape index (κ2) is 3.69. The summed E-state index contributed by atoms with van der Waals surface area (Å²) in [5.41, 5.74) is 2.97. The third-order valence-electron chi connectivity index (χ3n) is 2.28. The largest absolute Gasteiger partial charge is 0.508 e. The Morgan fingerprint density at radius 3 is 2.33 bits per heavy atom.